The lowest BCUT2D eigenvalue weighted by molar-refractivity contribution is -0.144. The summed E-state index contributed by atoms with van der Waals surface area (Å²) in [5.41, 5.74) is 0. The average Bonchev–Trinajstić information content (AvgIpc) is 2.03. The largest absolute Gasteiger partial charge is 0.563 e. The minimum absolute atomic E-state index is 0.288. The monoisotopic (exact) mass is 204 g/mol. The second-order valence-electron chi connectivity index (χ2n) is 3.40. The second kappa shape index (κ2) is 5.45. The van der Waals surface area contributed by atoms with E-state index in [4.69, 9.17) is 16.5 Å². The summed E-state index contributed by atoms with van der Waals surface area (Å²) < 4.78 is 4.85. The lowest BCUT2D eigenvalue weighted by Gasteiger charge is -2.33. The zero-order chi connectivity index (χ0) is 9.68. The molecule has 0 saturated heterocycles. The number of nitrogens with zero attached hydrogens (tertiary/aromatic N) is 1. The van der Waals surface area contributed by atoms with E-state index in [1.165, 1.54) is 19.3 Å². The molecule has 0 heterocycles. The van der Waals surface area contributed by atoms with Crippen LogP contribution in [-0.2, 0) is 9.53 Å². The van der Waals surface area contributed by atoms with Gasteiger partial charge >= 0.3 is 0 Å². The molecule has 0 aromatic carbocycles. The summed E-state index contributed by atoms with van der Waals surface area (Å²) >= 11 is 5.35. The van der Waals surface area contributed by atoms with Crippen molar-refractivity contribution in [3.05, 3.63) is 4.84 Å². The van der Waals surface area contributed by atoms with Crippen molar-refractivity contribution in [1.29, 1.82) is 0 Å². The van der Waals surface area contributed by atoms with Gasteiger partial charge in [-0.2, -0.15) is 0 Å². The number of esters is 1. The fraction of sp³-hybridized carbons (Fsp3) is 0.889. The van der Waals surface area contributed by atoms with Crippen LogP contribution in [0.3, 0.4) is 0 Å². The van der Waals surface area contributed by atoms with Crippen molar-refractivity contribution in [2.75, 3.05) is 6.61 Å². The van der Waals surface area contributed by atoms with Gasteiger partial charge in [0.05, 0.1) is 6.61 Å². The molecule has 0 radical (unpaired) electrons. The van der Waals surface area contributed by atoms with Crippen LogP contribution >= 0.6 is 11.8 Å². The van der Waals surface area contributed by atoms with Crippen LogP contribution in [0.5, 0.6) is 0 Å². The Hall–Kier alpha value is -0.280. The number of carbonyl (C=O) groups excluding carboxylic acids is 1. The van der Waals surface area contributed by atoms with Crippen molar-refractivity contribution in [2.24, 2.45) is 5.92 Å². The van der Waals surface area contributed by atoms with Gasteiger partial charge in [0.2, 0.25) is 0 Å². The zero-order valence-corrected chi connectivity index (χ0v) is 8.59. The summed E-state index contributed by atoms with van der Waals surface area (Å²) in [5.74, 6) is 0.335. The van der Waals surface area contributed by atoms with Crippen LogP contribution in [-0.4, -0.2) is 18.6 Å². The quantitative estimate of drug-likeness (QED) is 0.646. The maximum Gasteiger partial charge on any atom is 0.288 e. The fourth-order valence-electron chi connectivity index (χ4n) is 1.46. The van der Waals surface area contributed by atoms with Crippen LogP contribution in [0, 0.1) is 5.92 Å². The van der Waals surface area contributed by atoms with Gasteiger partial charge in [-0.1, -0.05) is 25.7 Å². The smallest absolute Gasteiger partial charge is 0.288 e. The first-order chi connectivity index (χ1) is 6.27. The highest BCUT2D eigenvalue weighted by Crippen LogP contribution is 2.32. The number of halogens is 1. The van der Waals surface area contributed by atoms with Gasteiger partial charge in [0.1, 0.15) is 0 Å². The molecule has 0 bridgehead atoms. The number of hydrogen-bond donors (Lipinski definition) is 0. The molecule has 13 heavy (non-hydrogen) atoms. The standard InChI is InChI=1S/C9H15ClNO2/c1-2-13-9(12)8(11-10)6-7-4-3-5-7/h7-8H,2-6H2,1H3/q-1. The first kappa shape index (κ1) is 10.8. The summed E-state index contributed by atoms with van der Waals surface area (Å²) in [4.78, 5) is 14.8. The number of hydrogen-bond acceptors (Lipinski definition) is 2. The minimum atomic E-state index is -0.452. The second-order valence-corrected chi connectivity index (χ2v) is 3.59. The Labute approximate surface area is 83.9 Å². The van der Waals surface area contributed by atoms with Gasteiger partial charge in [-0.25, -0.2) is 0 Å². The zero-order valence-electron chi connectivity index (χ0n) is 7.83. The Balaban J connectivity index is 2.27. The van der Waals surface area contributed by atoms with Crippen molar-refractivity contribution >= 4 is 17.7 Å². The Morgan fingerprint density at radius 1 is 1.69 bits per heavy atom. The lowest BCUT2D eigenvalue weighted by atomic mass is 9.81. The lowest BCUT2D eigenvalue weighted by Crippen LogP contribution is -2.26. The third kappa shape index (κ3) is 3.16. The highest BCUT2D eigenvalue weighted by molar-refractivity contribution is 6.26. The number of rotatable bonds is 5. The van der Waals surface area contributed by atoms with Crippen LogP contribution in [0.1, 0.15) is 32.6 Å². The van der Waals surface area contributed by atoms with E-state index in [-0.39, 0.29) is 5.97 Å². The van der Waals surface area contributed by atoms with Gasteiger partial charge in [0, 0.05) is 0 Å². The molecule has 0 N–H and O–H groups in total. The molecule has 76 valence electrons. The normalized spacial score (nSPS) is 19.2. The van der Waals surface area contributed by atoms with E-state index in [0.29, 0.717) is 12.5 Å². The van der Waals surface area contributed by atoms with E-state index in [2.05, 4.69) is 4.84 Å². The predicted octanol–water partition coefficient (Wildman–Crippen LogP) is 2.64. The number of carbonyl (C=O) groups is 1. The van der Waals surface area contributed by atoms with Gasteiger partial charge in [-0.05, 0) is 18.9 Å². The molecule has 0 aromatic rings. The van der Waals surface area contributed by atoms with Gasteiger partial charge in [0.15, 0.2) is 0 Å². The fourth-order valence-corrected chi connectivity index (χ4v) is 1.62. The first-order valence-corrected chi connectivity index (χ1v) is 5.09. The van der Waals surface area contributed by atoms with E-state index >= 15 is 0 Å². The van der Waals surface area contributed by atoms with Crippen LogP contribution in [0.15, 0.2) is 0 Å². The molecule has 1 aliphatic rings. The van der Waals surface area contributed by atoms with Crippen LogP contribution in [0.2, 0.25) is 0 Å². The summed E-state index contributed by atoms with van der Waals surface area (Å²) in [6, 6.07) is -0.452. The summed E-state index contributed by atoms with van der Waals surface area (Å²) in [6.07, 6.45) is 4.41. The van der Waals surface area contributed by atoms with Crippen molar-refractivity contribution in [3.63, 3.8) is 0 Å². The topological polar surface area (TPSA) is 40.4 Å². The molecule has 1 rings (SSSR count). The maximum absolute atomic E-state index is 11.2. The van der Waals surface area contributed by atoms with E-state index in [1.54, 1.807) is 6.92 Å². The summed E-state index contributed by atoms with van der Waals surface area (Å²) in [7, 11) is 0. The van der Waals surface area contributed by atoms with Crippen molar-refractivity contribution < 1.29 is 9.53 Å². The third-order valence-corrected chi connectivity index (χ3v) is 2.69. The van der Waals surface area contributed by atoms with Crippen LogP contribution in [0.25, 0.3) is 4.84 Å². The van der Waals surface area contributed by atoms with Gasteiger partial charge in [-0.15, -0.1) is 0 Å². The molecule has 1 fully saturated rings. The molecule has 0 spiro atoms. The Morgan fingerprint density at radius 2 is 2.38 bits per heavy atom. The molecular weight excluding hydrogens is 190 g/mol. The first-order valence-electron chi connectivity index (χ1n) is 4.75. The van der Waals surface area contributed by atoms with Crippen LogP contribution < -0.4 is 0 Å². The molecule has 0 amide bonds. The van der Waals surface area contributed by atoms with E-state index in [1.807, 2.05) is 0 Å². The molecule has 1 saturated carbocycles. The van der Waals surface area contributed by atoms with Crippen molar-refractivity contribution in [2.45, 2.75) is 38.6 Å². The molecule has 1 atom stereocenters. The molecule has 0 aliphatic heterocycles. The van der Waals surface area contributed by atoms with Gasteiger partial charge in [0.25, 0.3) is 5.97 Å². The highest BCUT2D eigenvalue weighted by atomic mass is 35.5. The molecule has 1 aliphatic carbocycles. The van der Waals surface area contributed by atoms with E-state index < -0.39 is 6.04 Å². The maximum atomic E-state index is 11.2. The van der Waals surface area contributed by atoms with Crippen molar-refractivity contribution in [3.8, 4) is 0 Å². The SMILES string of the molecule is CCOC(=O)C(CC1CCC1)[N-]Cl. The number of ether oxygens (including phenoxy) is 1. The third-order valence-electron chi connectivity index (χ3n) is 2.46. The minimum Gasteiger partial charge on any atom is -0.563 e. The predicted molar refractivity (Wildman–Crippen MR) is 51.6 cm³/mol. The van der Waals surface area contributed by atoms with Crippen molar-refractivity contribution in [1.82, 2.24) is 0 Å². The Kier molecular flexibility index (Phi) is 4.53. The van der Waals surface area contributed by atoms with Gasteiger partial charge < -0.3 is 9.57 Å². The molecule has 3 nitrogen and oxygen atoms in total. The molecule has 4 heteroatoms. The van der Waals surface area contributed by atoms with Gasteiger partial charge in [-0.3, -0.25) is 16.6 Å². The Bertz CT molecular complexity index is 171. The molecule has 0 aromatic heterocycles. The van der Waals surface area contributed by atoms with E-state index in [9.17, 15) is 4.79 Å². The molecule has 1 unspecified atom stereocenters. The Morgan fingerprint density at radius 3 is 2.77 bits per heavy atom. The summed E-state index contributed by atoms with van der Waals surface area (Å²) in [6.45, 7) is 2.18. The summed E-state index contributed by atoms with van der Waals surface area (Å²) in [5, 5.41) is 0. The van der Waals surface area contributed by atoms with E-state index in [0.717, 1.165) is 6.42 Å². The highest BCUT2D eigenvalue weighted by Gasteiger charge is 2.21. The molecular formula is C9H15ClNO2-. The average molecular weight is 205 g/mol. The van der Waals surface area contributed by atoms with Crippen LogP contribution in [0.4, 0.5) is 0 Å².